The predicted octanol–water partition coefficient (Wildman–Crippen LogP) is 4.85. The van der Waals surface area contributed by atoms with E-state index in [0.717, 1.165) is 55.7 Å². The quantitative estimate of drug-likeness (QED) is 0.723. The van der Waals surface area contributed by atoms with Gasteiger partial charge in [-0.3, -0.25) is 4.79 Å². The number of hydrogen-bond donors (Lipinski definition) is 1. The first-order chi connectivity index (χ1) is 15.1. The standard InChI is InChI=1S/C25H35N5O/c1-19-8-11-22(12-9-19)27-25-26-20(2)18-23(28-25)29-14-16-30(17-15-29)24(31)13-10-21-6-4-3-5-7-21/h8-9,11-12,18,21H,3-7,10,13-17H2,1-2H3,(H,26,27,28). The third-order valence-corrected chi connectivity index (χ3v) is 6.60. The molecule has 6 heteroatoms. The van der Waals surface area contributed by atoms with Gasteiger partial charge >= 0.3 is 0 Å². The maximum Gasteiger partial charge on any atom is 0.229 e. The molecule has 1 saturated carbocycles. The van der Waals surface area contributed by atoms with Gasteiger partial charge in [0.2, 0.25) is 11.9 Å². The number of amides is 1. The Balaban J connectivity index is 1.31. The third-order valence-electron chi connectivity index (χ3n) is 6.60. The molecule has 6 nitrogen and oxygen atoms in total. The summed E-state index contributed by atoms with van der Waals surface area (Å²) < 4.78 is 0. The van der Waals surface area contributed by atoms with Crippen LogP contribution in [-0.4, -0.2) is 47.0 Å². The van der Waals surface area contributed by atoms with E-state index >= 15 is 0 Å². The maximum absolute atomic E-state index is 12.7. The fraction of sp³-hybridized carbons (Fsp3) is 0.560. The van der Waals surface area contributed by atoms with Crippen molar-refractivity contribution in [1.29, 1.82) is 0 Å². The number of anilines is 3. The van der Waals surface area contributed by atoms with E-state index in [1.54, 1.807) is 0 Å². The summed E-state index contributed by atoms with van der Waals surface area (Å²) in [5.41, 5.74) is 3.14. The molecule has 0 atom stereocenters. The van der Waals surface area contributed by atoms with Gasteiger partial charge in [-0.15, -0.1) is 0 Å². The monoisotopic (exact) mass is 421 g/mol. The minimum atomic E-state index is 0.325. The number of carbonyl (C=O) groups excluding carboxylic acids is 1. The van der Waals surface area contributed by atoms with Crippen LogP contribution in [0, 0.1) is 19.8 Å². The predicted molar refractivity (Wildman–Crippen MR) is 126 cm³/mol. The molecule has 166 valence electrons. The van der Waals surface area contributed by atoms with Crippen molar-refractivity contribution in [3.05, 3.63) is 41.6 Å². The average Bonchev–Trinajstić information content (AvgIpc) is 2.79. The molecule has 2 aromatic rings. The average molecular weight is 422 g/mol. The second-order valence-corrected chi connectivity index (χ2v) is 9.09. The van der Waals surface area contributed by atoms with Crippen LogP contribution >= 0.6 is 0 Å². The Morgan fingerprint density at radius 1 is 1.00 bits per heavy atom. The van der Waals surface area contributed by atoms with Gasteiger partial charge in [0.1, 0.15) is 5.82 Å². The third kappa shape index (κ3) is 5.96. The van der Waals surface area contributed by atoms with Gasteiger partial charge in [0.15, 0.2) is 0 Å². The Hall–Kier alpha value is -2.63. The van der Waals surface area contributed by atoms with E-state index in [1.165, 1.54) is 37.7 Å². The zero-order chi connectivity index (χ0) is 21.6. The van der Waals surface area contributed by atoms with Gasteiger partial charge in [-0.05, 0) is 38.3 Å². The van der Waals surface area contributed by atoms with E-state index in [2.05, 4.69) is 34.3 Å². The van der Waals surface area contributed by atoms with Gasteiger partial charge in [-0.1, -0.05) is 49.8 Å². The normalized spacial score (nSPS) is 17.6. The van der Waals surface area contributed by atoms with Crippen molar-refractivity contribution in [2.75, 3.05) is 36.4 Å². The van der Waals surface area contributed by atoms with Crippen molar-refractivity contribution in [2.24, 2.45) is 5.92 Å². The van der Waals surface area contributed by atoms with Crippen LogP contribution in [0.4, 0.5) is 17.5 Å². The zero-order valence-corrected chi connectivity index (χ0v) is 18.9. The molecule has 0 bridgehead atoms. The fourth-order valence-electron chi connectivity index (χ4n) is 4.68. The summed E-state index contributed by atoms with van der Waals surface area (Å²) in [6.45, 7) is 7.24. The van der Waals surface area contributed by atoms with Crippen LogP contribution in [0.5, 0.6) is 0 Å². The molecule has 2 heterocycles. The van der Waals surface area contributed by atoms with Gasteiger partial charge in [0.05, 0.1) is 0 Å². The van der Waals surface area contributed by atoms with Crippen LogP contribution in [0.15, 0.2) is 30.3 Å². The van der Waals surface area contributed by atoms with Gasteiger partial charge in [0, 0.05) is 50.0 Å². The SMILES string of the molecule is Cc1ccc(Nc2nc(C)cc(N3CCN(C(=O)CCC4CCCCC4)CC3)n2)cc1. The lowest BCUT2D eigenvalue weighted by molar-refractivity contribution is -0.131. The minimum Gasteiger partial charge on any atom is -0.353 e. The highest BCUT2D eigenvalue weighted by atomic mass is 16.2. The number of rotatable bonds is 6. The number of aryl methyl sites for hydroxylation is 2. The lowest BCUT2D eigenvalue weighted by Gasteiger charge is -2.36. The summed E-state index contributed by atoms with van der Waals surface area (Å²) in [7, 11) is 0. The summed E-state index contributed by atoms with van der Waals surface area (Å²) in [6, 6.07) is 10.3. The van der Waals surface area contributed by atoms with Crippen LogP contribution < -0.4 is 10.2 Å². The van der Waals surface area contributed by atoms with Crippen molar-refractivity contribution >= 4 is 23.4 Å². The molecule has 1 amide bonds. The van der Waals surface area contributed by atoms with Crippen molar-refractivity contribution in [3.63, 3.8) is 0 Å². The molecular weight excluding hydrogens is 386 g/mol. The molecule has 4 rings (SSSR count). The van der Waals surface area contributed by atoms with Crippen molar-refractivity contribution < 1.29 is 4.79 Å². The first-order valence-corrected chi connectivity index (χ1v) is 11.8. The molecule has 1 saturated heterocycles. The first-order valence-electron chi connectivity index (χ1n) is 11.8. The molecule has 1 aromatic heterocycles. The second-order valence-electron chi connectivity index (χ2n) is 9.09. The van der Waals surface area contributed by atoms with Crippen molar-refractivity contribution in [2.45, 2.75) is 58.8 Å². The van der Waals surface area contributed by atoms with Crippen molar-refractivity contribution in [1.82, 2.24) is 14.9 Å². The lowest BCUT2D eigenvalue weighted by Crippen LogP contribution is -2.49. The van der Waals surface area contributed by atoms with Crippen LogP contribution in [0.1, 0.15) is 56.2 Å². The molecule has 1 N–H and O–H groups in total. The van der Waals surface area contributed by atoms with Crippen LogP contribution in [0.2, 0.25) is 0 Å². The van der Waals surface area contributed by atoms with E-state index in [-0.39, 0.29) is 0 Å². The highest BCUT2D eigenvalue weighted by molar-refractivity contribution is 5.76. The van der Waals surface area contributed by atoms with Gasteiger partial charge in [-0.25, -0.2) is 4.98 Å². The molecule has 31 heavy (non-hydrogen) atoms. The largest absolute Gasteiger partial charge is 0.353 e. The van der Waals surface area contributed by atoms with Gasteiger partial charge in [0.25, 0.3) is 0 Å². The van der Waals surface area contributed by atoms with Crippen molar-refractivity contribution in [3.8, 4) is 0 Å². The Labute approximate surface area is 186 Å². The molecule has 1 aliphatic carbocycles. The van der Waals surface area contributed by atoms with E-state index in [1.807, 2.05) is 30.0 Å². The number of hydrogen-bond acceptors (Lipinski definition) is 5. The molecule has 0 unspecified atom stereocenters. The second kappa shape index (κ2) is 10.1. The van der Waals surface area contributed by atoms with E-state index in [4.69, 9.17) is 4.98 Å². The topological polar surface area (TPSA) is 61.4 Å². The number of piperazine rings is 1. The van der Waals surface area contributed by atoms with E-state index in [0.29, 0.717) is 18.3 Å². The summed E-state index contributed by atoms with van der Waals surface area (Å²) in [5, 5.41) is 3.31. The number of benzene rings is 1. The molecule has 2 fully saturated rings. The summed E-state index contributed by atoms with van der Waals surface area (Å²) in [6.07, 6.45) is 8.46. The van der Waals surface area contributed by atoms with Gasteiger partial charge < -0.3 is 15.1 Å². The van der Waals surface area contributed by atoms with Gasteiger partial charge in [-0.2, -0.15) is 4.98 Å². The first kappa shape index (κ1) is 21.6. The van der Waals surface area contributed by atoms with Crippen LogP contribution in [0.3, 0.4) is 0 Å². The summed E-state index contributed by atoms with van der Waals surface area (Å²) in [5.74, 6) is 2.63. The smallest absolute Gasteiger partial charge is 0.229 e. The number of nitrogens with zero attached hydrogens (tertiary/aromatic N) is 4. The van der Waals surface area contributed by atoms with E-state index in [9.17, 15) is 4.79 Å². The number of carbonyl (C=O) groups is 1. The Bertz CT molecular complexity index is 868. The highest BCUT2D eigenvalue weighted by Crippen LogP contribution is 2.27. The number of aromatic nitrogens is 2. The Morgan fingerprint density at radius 3 is 2.42 bits per heavy atom. The van der Waals surface area contributed by atoms with E-state index < -0.39 is 0 Å². The zero-order valence-electron chi connectivity index (χ0n) is 18.9. The number of nitrogens with one attached hydrogen (secondary N) is 1. The van der Waals surface area contributed by atoms with Crippen LogP contribution in [0.25, 0.3) is 0 Å². The maximum atomic E-state index is 12.7. The lowest BCUT2D eigenvalue weighted by atomic mass is 9.86. The molecule has 0 radical (unpaired) electrons. The Morgan fingerprint density at radius 2 is 1.71 bits per heavy atom. The molecule has 1 aromatic carbocycles. The van der Waals surface area contributed by atoms with Crippen LogP contribution in [-0.2, 0) is 4.79 Å². The molecule has 1 aliphatic heterocycles. The highest BCUT2D eigenvalue weighted by Gasteiger charge is 2.23. The molecule has 2 aliphatic rings. The Kier molecular flexibility index (Phi) is 7.05. The summed E-state index contributed by atoms with van der Waals surface area (Å²) >= 11 is 0. The fourth-order valence-corrected chi connectivity index (χ4v) is 4.68. The molecular formula is C25H35N5O. The molecule has 0 spiro atoms. The minimum absolute atomic E-state index is 0.325. The summed E-state index contributed by atoms with van der Waals surface area (Å²) in [4.78, 5) is 26.3.